The highest BCUT2D eigenvalue weighted by molar-refractivity contribution is 6.31. The van der Waals surface area contributed by atoms with E-state index in [1.54, 1.807) is 0 Å². The number of ether oxygens (including phenoxy) is 1. The minimum absolute atomic E-state index is 0.183. The molecule has 1 unspecified atom stereocenters. The fourth-order valence-electron chi connectivity index (χ4n) is 2.45. The monoisotopic (exact) mass is 273 g/mol. The molecule has 1 N–H and O–H groups in total. The summed E-state index contributed by atoms with van der Waals surface area (Å²) in [5.74, 6) is 0. The van der Waals surface area contributed by atoms with Crippen molar-refractivity contribution in [2.24, 2.45) is 0 Å². The van der Waals surface area contributed by atoms with Gasteiger partial charge >= 0.3 is 0 Å². The molecule has 3 heteroatoms. The molecule has 0 spiro atoms. The lowest BCUT2D eigenvalue weighted by atomic mass is 9.98. The molecule has 0 fully saturated rings. The Kier molecular flexibility index (Phi) is 3.45. The SMILES string of the molecule is Cc1c(Cl)cccc1NC1COCc2ccccc21. The van der Waals surface area contributed by atoms with Crippen molar-refractivity contribution in [3.05, 3.63) is 64.2 Å². The normalized spacial score (nSPS) is 17.9. The molecule has 1 aliphatic rings. The van der Waals surface area contributed by atoms with Crippen LogP contribution in [0.3, 0.4) is 0 Å². The third kappa shape index (κ3) is 2.46. The number of hydrogen-bond acceptors (Lipinski definition) is 2. The van der Waals surface area contributed by atoms with E-state index in [4.69, 9.17) is 16.3 Å². The third-order valence-corrected chi connectivity index (χ3v) is 3.98. The summed E-state index contributed by atoms with van der Waals surface area (Å²) in [7, 11) is 0. The second kappa shape index (κ2) is 5.24. The average molecular weight is 274 g/mol. The van der Waals surface area contributed by atoms with E-state index in [0.717, 1.165) is 16.3 Å². The van der Waals surface area contributed by atoms with Crippen LogP contribution in [0.4, 0.5) is 5.69 Å². The topological polar surface area (TPSA) is 21.3 Å². The first-order chi connectivity index (χ1) is 9.25. The number of nitrogens with one attached hydrogen (secondary N) is 1. The van der Waals surface area contributed by atoms with Gasteiger partial charge in [0.15, 0.2) is 0 Å². The van der Waals surface area contributed by atoms with Gasteiger partial charge in [0.05, 0.1) is 19.3 Å². The molecule has 0 saturated carbocycles. The third-order valence-electron chi connectivity index (χ3n) is 3.57. The molecule has 98 valence electrons. The van der Waals surface area contributed by atoms with E-state index in [1.807, 2.05) is 19.1 Å². The largest absolute Gasteiger partial charge is 0.376 e. The van der Waals surface area contributed by atoms with Gasteiger partial charge in [0.1, 0.15) is 0 Å². The number of rotatable bonds is 2. The van der Waals surface area contributed by atoms with Crippen LogP contribution >= 0.6 is 11.6 Å². The first-order valence-electron chi connectivity index (χ1n) is 6.43. The van der Waals surface area contributed by atoms with Crippen molar-refractivity contribution in [3.63, 3.8) is 0 Å². The molecule has 3 rings (SSSR count). The van der Waals surface area contributed by atoms with Crippen LogP contribution in [0.25, 0.3) is 0 Å². The summed E-state index contributed by atoms with van der Waals surface area (Å²) in [6.45, 7) is 3.41. The van der Waals surface area contributed by atoms with Crippen LogP contribution in [0.1, 0.15) is 22.7 Å². The molecule has 0 radical (unpaired) electrons. The summed E-state index contributed by atoms with van der Waals surface area (Å²) in [4.78, 5) is 0. The Morgan fingerprint density at radius 3 is 2.89 bits per heavy atom. The van der Waals surface area contributed by atoms with E-state index in [-0.39, 0.29) is 6.04 Å². The second-order valence-electron chi connectivity index (χ2n) is 4.82. The minimum atomic E-state index is 0.183. The molecular weight excluding hydrogens is 258 g/mol. The molecule has 1 atom stereocenters. The summed E-state index contributed by atoms with van der Waals surface area (Å²) in [6, 6.07) is 14.5. The first kappa shape index (κ1) is 12.5. The Hall–Kier alpha value is -1.51. The zero-order valence-corrected chi connectivity index (χ0v) is 11.6. The van der Waals surface area contributed by atoms with Crippen LogP contribution in [0, 0.1) is 6.92 Å². The highest BCUT2D eigenvalue weighted by atomic mass is 35.5. The Balaban J connectivity index is 1.91. The Morgan fingerprint density at radius 2 is 2.00 bits per heavy atom. The molecule has 0 saturated heterocycles. The number of fused-ring (bicyclic) bond motifs is 1. The summed E-state index contributed by atoms with van der Waals surface area (Å²) in [5.41, 5.74) is 4.71. The van der Waals surface area contributed by atoms with E-state index in [1.165, 1.54) is 11.1 Å². The van der Waals surface area contributed by atoms with Gasteiger partial charge in [0, 0.05) is 10.7 Å². The minimum Gasteiger partial charge on any atom is -0.376 e. The van der Waals surface area contributed by atoms with E-state index in [2.05, 4.69) is 35.6 Å². The molecule has 2 aromatic carbocycles. The summed E-state index contributed by atoms with van der Waals surface area (Å²) in [6.07, 6.45) is 0. The van der Waals surface area contributed by atoms with Crippen molar-refractivity contribution in [3.8, 4) is 0 Å². The van der Waals surface area contributed by atoms with Crippen LogP contribution in [0.5, 0.6) is 0 Å². The lowest BCUT2D eigenvalue weighted by molar-refractivity contribution is 0.0970. The fourth-order valence-corrected chi connectivity index (χ4v) is 2.63. The number of hydrogen-bond donors (Lipinski definition) is 1. The molecule has 19 heavy (non-hydrogen) atoms. The van der Waals surface area contributed by atoms with Gasteiger partial charge in [-0.2, -0.15) is 0 Å². The van der Waals surface area contributed by atoms with Crippen molar-refractivity contribution >= 4 is 17.3 Å². The lowest BCUT2D eigenvalue weighted by Crippen LogP contribution is -2.23. The predicted octanol–water partition coefficient (Wildman–Crippen LogP) is 4.33. The smallest absolute Gasteiger partial charge is 0.0751 e. The molecule has 0 aliphatic carbocycles. The molecule has 0 aromatic heterocycles. The fraction of sp³-hybridized carbons (Fsp3) is 0.250. The maximum atomic E-state index is 6.16. The standard InChI is InChI=1S/C16H16ClNO/c1-11-14(17)7-4-8-15(11)18-16-10-19-9-12-5-2-3-6-13(12)16/h2-8,16,18H,9-10H2,1H3. The summed E-state index contributed by atoms with van der Waals surface area (Å²) < 4.78 is 5.66. The first-order valence-corrected chi connectivity index (χ1v) is 6.80. The van der Waals surface area contributed by atoms with Gasteiger partial charge in [-0.1, -0.05) is 41.9 Å². The van der Waals surface area contributed by atoms with Gasteiger partial charge < -0.3 is 10.1 Å². The zero-order valence-electron chi connectivity index (χ0n) is 10.8. The van der Waals surface area contributed by atoms with Crippen LogP contribution < -0.4 is 5.32 Å². The predicted molar refractivity (Wildman–Crippen MR) is 78.7 cm³/mol. The number of anilines is 1. The molecule has 0 amide bonds. The molecule has 0 bridgehead atoms. The lowest BCUT2D eigenvalue weighted by Gasteiger charge is -2.28. The van der Waals surface area contributed by atoms with Crippen molar-refractivity contribution in [2.45, 2.75) is 19.6 Å². The van der Waals surface area contributed by atoms with Crippen LogP contribution in [-0.4, -0.2) is 6.61 Å². The van der Waals surface area contributed by atoms with Crippen LogP contribution in [-0.2, 0) is 11.3 Å². The van der Waals surface area contributed by atoms with Gasteiger partial charge in [-0.3, -0.25) is 0 Å². The molecule has 2 nitrogen and oxygen atoms in total. The van der Waals surface area contributed by atoms with E-state index in [9.17, 15) is 0 Å². The van der Waals surface area contributed by atoms with Crippen molar-refractivity contribution in [1.29, 1.82) is 0 Å². The molecule has 1 heterocycles. The molecule has 2 aromatic rings. The van der Waals surface area contributed by atoms with Crippen molar-refractivity contribution in [1.82, 2.24) is 0 Å². The second-order valence-corrected chi connectivity index (χ2v) is 5.23. The summed E-state index contributed by atoms with van der Waals surface area (Å²) in [5, 5.41) is 4.32. The zero-order chi connectivity index (χ0) is 13.2. The maximum absolute atomic E-state index is 6.16. The van der Waals surface area contributed by atoms with Crippen LogP contribution in [0.15, 0.2) is 42.5 Å². The van der Waals surface area contributed by atoms with Crippen LogP contribution in [0.2, 0.25) is 5.02 Å². The van der Waals surface area contributed by atoms with Crippen molar-refractivity contribution < 1.29 is 4.74 Å². The molecule has 1 aliphatic heterocycles. The van der Waals surface area contributed by atoms with Crippen molar-refractivity contribution in [2.75, 3.05) is 11.9 Å². The Bertz CT molecular complexity index is 597. The average Bonchev–Trinajstić information content (AvgIpc) is 2.44. The van der Waals surface area contributed by atoms with Gasteiger partial charge in [0.25, 0.3) is 0 Å². The van der Waals surface area contributed by atoms with E-state index >= 15 is 0 Å². The van der Waals surface area contributed by atoms with E-state index in [0.29, 0.717) is 13.2 Å². The number of halogens is 1. The van der Waals surface area contributed by atoms with Gasteiger partial charge in [-0.05, 0) is 35.7 Å². The van der Waals surface area contributed by atoms with Gasteiger partial charge in [0.2, 0.25) is 0 Å². The Morgan fingerprint density at radius 1 is 1.16 bits per heavy atom. The van der Waals surface area contributed by atoms with Gasteiger partial charge in [-0.25, -0.2) is 0 Å². The number of benzene rings is 2. The quantitative estimate of drug-likeness (QED) is 0.879. The Labute approximate surface area is 118 Å². The highest BCUT2D eigenvalue weighted by Gasteiger charge is 2.20. The maximum Gasteiger partial charge on any atom is 0.0751 e. The molecular formula is C16H16ClNO. The van der Waals surface area contributed by atoms with E-state index < -0.39 is 0 Å². The van der Waals surface area contributed by atoms with Gasteiger partial charge in [-0.15, -0.1) is 0 Å². The highest BCUT2D eigenvalue weighted by Crippen LogP contribution is 2.30. The summed E-state index contributed by atoms with van der Waals surface area (Å²) >= 11 is 6.16.